The van der Waals surface area contributed by atoms with Gasteiger partial charge >= 0.3 is 0 Å². The van der Waals surface area contributed by atoms with Crippen LogP contribution in [0.1, 0.15) is 30.5 Å². The zero-order chi connectivity index (χ0) is 25.4. The number of piperazine rings is 1. The first-order valence-electron chi connectivity index (χ1n) is 13.4. The molecule has 0 bridgehead atoms. The molecule has 1 N–H and O–H groups in total. The lowest BCUT2D eigenvalue weighted by Gasteiger charge is -2.42. The largest absolute Gasteiger partial charge is 0.370 e. The molecule has 0 spiro atoms. The van der Waals surface area contributed by atoms with Gasteiger partial charge < -0.3 is 19.9 Å². The van der Waals surface area contributed by atoms with Crippen LogP contribution in [-0.2, 0) is 17.7 Å². The van der Waals surface area contributed by atoms with Gasteiger partial charge in [-0.1, -0.05) is 0 Å². The number of nitrogens with zero attached hydrogens (tertiary/aromatic N) is 6. The van der Waals surface area contributed by atoms with Gasteiger partial charge in [0.2, 0.25) is 0 Å². The van der Waals surface area contributed by atoms with Gasteiger partial charge in [0.15, 0.2) is 0 Å². The van der Waals surface area contributed by atoms with Gasteiger partial charge in [0.05, 0.1) is 23.3 Å². The zero-order valence-corrected chi connectivity index (χ0v) is 21.7. The molecule has 2 saturated heterocycles. The number of morpholine rings is 1. The molecule has 1 aromatic carbocycles. The summed E-state index contributed by atoms with van der Waals surface area (Å²) in [5.41, 5.74) is 5.30. The van der Waals surface area contributed by atoms with E-state index in [4.69, 9.17) is 9.72 Å². The summed E-state index contributed by atoms with van der Waals surface area (Å²) in [6.07, 6.45) is 5.16. The Bertz CT molecular complexity index is 1310. The van der Waals surface area contributed by atoms with Crippen molar-refractivity contribution in [2.75, 3.05) is 55.6 Å². The van der Waals surface area contributed by atoms with Crippen molar-refractivity contribution in [2.24, 2.45) is 0 Å². The van der Waals surface area contributed by atoms with Crippen LogP contribution in [0.4, 0.5) is 11.5 Å². The molecule has 0 saturated carbocycles. The highest BCUT2D eigenvalue weighted by atomic mass is 16.5. The number of nitrogens with one attached hydrogen (secondary N) is 1. The van der Waals surface area contributed by atoms with E-state index in [1.165, 1.54) is 11.1 Å². The first-order valence-corrected chi connectivity index (χ1v) is 13.4. The summed E-state index contributed by atoms with van der Waals surface area (Å²) in [4.78, 5) is 16.6. The van der Waals surface area contributed by atoms with Crippen LogP contribution in [0.25, 0.3) is 10.9 Å². The fourth-order valence-electron chi connectivity index (χ4n) is 6.03. The molecule has 5 heterocycles. The van der Waals surface area contributed by atoms with E-state index in [1.807, 2.05) is 12.1 Å². The van der Waals surface area contributed by atoms with E-state index in [2.05, 4.69) is 69.3 Å². The van der Waals surface area contributed by atoms with E-state index < -0.39 is 0 Å². The Hall–Kier alpha value is -3.25. The molecule has 3 atom stereocenters. The second-order valence-corrected chi connectivity index (χ2v) is 10.7. The zero-order valence-electron chi connectivity index (χ0n) is 21.7. The lowest BCUT2D eigenvalue weighted by Crippen LogP contribution is -2.54. The number of ether oxygens (including phenoxy) is 1. The van der Waals surface area contributed by atoms with E-state index >= 15 is 0 Å². The smallest absolute Gasteiger partial charge is 0.128 e. The molecule has 37 heavy (non-hydrogen) atoms. The summed E-state index contributed by atoms with van der Waals surface area (Å²) in [5.74, 6) is 1.11. The van der Waals surface area contributed by atoms with Gasteiger partial charge in [-0.3, -0.25) is 9.88 Å². The Labute approximate surface area is 218 Å². The number of hydrogen-bond donors (Lipinski definition) is 1. The van der Waals surface area contributed by atoms with Crippen LogP contribution >= 0.6 is 0 Å². The van der Waals surface area contributed by atoms with Crippen molar-refractivity contribution in [1.29, 1.82) is 5.26 Å². The number of pyridine rings is 2. The molecule has 192 valence electrons. The fraction of sp³-hybridized carbons (Fsp3) is 0.483. The molecule has 8 nitrogen and oxygen atoms in total. The molecule has 0 unspecified atom stereocenters. The van der Waals surface area contributed by atoms with Gasteiger partial charge in [-0.25, -0.2) is 4.98 Å². The second kappa shape index (κ2) is 10.3. The van der Waals surface area contributed by atoms with E-state index in [0.717, 1.165) is 81.2 Å². The van der Waals surface area contributed by atoms with Crippen molar-refractivity contribution < 1.29 is 4.74 Å². The van der Waals surface area contributed by atoms with Crippen LogP contribution in [0.15, 0.2) is 42.7 Å². The topological polar surface area (TPSA) is 80.6 Å². The maximum atomic E-state index is 9.52. The first-order chi connectivity index (χ1) is 18.1. The average molecular weight is 498 g/mol. The minimum Gasteiger partial charge on any atom is -0.370 e. The van der Waals surface area contributed by atoms with Crippen LogP contribution in [0.2, 0.25) is 0 Å². The van der Waals surface area contributed by atoms with Gasteiger partial charge in [0.25, 0.3) is 0 Å². The SMILES string of the molecule is C[C@@H]1CN(c2ccc(C#N)c3ncccc23)C[C@H](CN2CCN(c3cc4c(cn3)CN[C@@H](C)C4)CC2)O1. The minimum absolute atomic E-state index is 0.133. The molecule has 0 radical (unpaired) electrons. The molecule has 0 aliphatic carbocycles. The van der Waals surface area contributed by atoms with E-state index in [-0.39, 0.29) is 12.2 Å². The second-order valence-electron chi connectivity index (χ2n) is 10.7. The molecule has 3 aromatic rings. The van der Waals surface area contributed by atoms with Crippen LogP contribution in [0, 0.1) is 11.3 Å². The standard InChI is InChI=1S/C29H35N7O/c1-20-12-23-13-28(33-16-24(23)15-32-20)35-10-8-34(9-11-35)18-25-19-36(17-21(2)37-25)27-6-5-22(14-30)29-26(27)4-3-7-31-29/h3-7,13,16,20-21,25,32H,8-12,15,17-19H2,1-2H3/t20-,21+,25-/m0/s1. The molecule has 6 rings (SSSR count). The Morgan fingerprint density at radius 3 is 2.76 bits per heavy atom. The number of fused-ring (bicyclic) bond motifs is 2. The first kappa shape index (κ1) is 24.1. The van der Waals surface area contributed by atoms with Crippen LogP contribution in [-0.4, -0.2) is 78.9 Å². The van der Waals surface area contributed by atoms with Gasteiger partial charge in [-0.15, -0.1) is 0 Å². The fourth-order valence-corrected chi connectivity index (χ4v) is 6.03. The molecule has 3 aliphatic rings. The van der Waals surface area contributed by atoms with E-state index in [1.54, 1.807) is 6.20 Å². The number of aromatic nitrogens is 2. The summed E-state index contributed by atoms with van der Waals surface area (Å²) in [6, 6.07) is 13.1. The lowest BCUT2D eigenvalue weighted by molar-refractivity contribution is -0.0327. The highest BCUT2D eigenvalue weighted by Gasteiger charge is 2.30. The molecule has 2 fully saturated rings. The monoisotopic (exact) mass is 497 g/mol. The lowest BCUT2D eigenvalue weighted by atomic mass is 9.98. The molecule has 0 amide bonds. The highest BCUT2D eigenvalue weighted by Crippen LogP contribution is 2.30. The summed E-state index contributed by atoms with van der Waals surface area (Å²) in [6.45, 7) is 11.9. The van der Waals surface area contributed by atoms with Crippen molar-refractivity contribution in [3.05, 3.63) is 59.4 Å². The molecule has 8 heteroatoms. The number of anilines is 2. The quantitative estimate of drug-likeness (QED) is 0.589. The van der Waals surface area contributed by atoms with Gasteiger partial charge in [0.1, 0.15) is 11.9 Å². The Balaban J connectivity index is 1.10. The van der Waals surface area contributed by atoms with Crippen LogP contribution in [0.5, 0.6) is 0 Å². The van der Waals surface area contributed by atoms with Crippen LogP contribution < -0.4 is 15.1 Å². The summed E-state index contributed by atoms with van der Waals surface area (Å²) < 4.78 is 6.40. The van der Waals surface area contributed by atoms with Crippen molar-refractivity contribution >= 4 is 22.4 Å². The number of benzene rings is 1. The van der Waals surface area contributed by atoms with Crippen molar-refractivity contribution in [2.45, 2.75) is 45.1 Å². The van der Waals surface area contributed by atoms with Crippen molar-refractivity contribution in [3.8, 4) is 6.07 Å². The third-order valence-corrected chi connectivity index (χ3v) is 7.93. The predicted octanol–water partition coefficient (Wildman–Crippen LogP) is 2.95. The predicted molar refractivity (Wildman–Crippen MR) is 146 cm³/mol. The molecular formula is C29H35N7O. The molecular weight excluding hydrogens is 462 g/mol. The summed E-state index contributed by atoms with van der Waals surface area (Å²) in [7, 11) is 0. The Kier molecular flexibility index (Phi) is 6.68. The average Bonchev–Trinajstić information content (AvgIpc) is 2.92. The van der Waals surface area contributed by atoms with E-state index in [9.17, 15) is 5.26 Å². The normalized spacial score (nSPS) is 24.6. The van der Waals surface area contributed by atoms with Crippen LogP contribution in [0.3, 0.4) is 0 Å². The number of hydrogen-bond acceptors (Lipinski definition) is 8. The van der Waals surface area contributed by atoms with Crippen molar-refractivity contribution in [3.63, 3.8) is 0 Å². The minimum atomic E-state index is 0.133. The highest BCUT2D eigenvalue weighted by molar-refractivity contribution is 5.95. The maximum absolute atomic E-state index is 9.52. The molecule has 2 aromatic heterocycles. The van der Waals surface area contributed by atoms with E-state index in [0.29, 0.717) is 11.6 Å². The molecule has 3 aliphatic heterocycles. The Morgan fingerprint density at radius 1 is 1.05 bits per heavy atom. The summed E-state index contributed by atoms with van der Waals surface area (Å²) in [5, 5.41) is 14.1. The third-order valence-electron chi connectivity index (χ3n) is 7.93. The van der Waals surface area contributed by atoms with Gasteiger partial charge in [0, 0.05) is 81.9 Å². The van der Waals surface area contributed by atoms with Gasteiger partial charge in [-0.2, -0.15) is 5.26 Å². The third kappa shape index (κ3) is 4.99. The number of rotatable bonds is 4. The maximum Gasteiger partial charge on any atom is 0.128 e. The summed E-state index contributed by atoms with van der Waals surface area (Å²) >= 11 is 0. The Morgan fingerprint density at radius 2 is 1.92 bits per heavy atom. The van der Waals surface area contributed by atoms with Crippen molar-refractivity contribution in [1.82, 2.24) is 20.2 Å². The van der Waals surface area contributed by atoms with Gasteiger partial charge in [-0.05, 0) is 61.7 Å². The number of nitriles is 1.